The summed E-state index contributed by atoms with van der Waals surface area (Å²) in [5, 5.41) is 2.73. The van der Waals surface area contributed by atoms with Gasteiger partial charge in [0.05, 0.1) is 25.7 Å². The van der Waals surface area contributed by atoms with E-state index in [4.69, 9.17) is 9.47 Å². The van der Waals surface area contributed by atoms with Crippen LogP contribution in [-0.2, 0) is 14.8 Å². The zero-order valence-electron chi connectivity index (χ0n) is 17.6. The number of rotatable bonds is 8. The molecular formula is C22H27FN2O5S. The molecule has 2 aromatic carbocycles. The highest BCUT2D eigenvalue weighted by Gasteiger charge is 2.34. The molecule has 0 unspecified atom stereocenters. The van der Waals surface area contributed by atoms with Crippen LogP contribution in [-0.4, -0.2) is 45.4 Å². The third-order valence-electron chi connectivity index (χ3n) is 5.37. The highest BCUT2D eigenvalue weighted by atomic mass is 32.2. The number of amides is 1. The summed E-state index contributed by atoms with van der Waals surface area (Å²) < 4.78 is 51.6. The van der Waals surface area contributed by atoms with Crippen molar-refractivity contribution >= 4 is 21.6 Å². The van der Waals surface area contributed by atoms with Gasteiger partial charge in [-0.2, -0.15) is 4.31 Å². The van der Waals surface area contributed by atoms with Crippen LogP contribution in [0, 0.1) is 5.82 Å². The largest absolute Gasteiger partial charge is 0.493 e. The first-order valence-corrected chi connectivity index (χ1v) is 11.6. The van der Waals surface area contributed by atoms with E-state index in [0.29, 0.717) is 30.0 Å². The third-order valence-corrected chi connectivity index (χ3v) is 7.28. The average molecular weight is 451 g/mol. The molecule has 2 aromatic rings. The molecule has 0 aliphatic heterocycles. The van der Waals surface area contributed by atoms with Gasteiger partial charge in [-0.05, 0) is 49.2 Å². The van der Waals surface area contributed by atoms with Gasteiger partial charge >= 0.3 is 0 Å². The Hall–Kier alpha value is -2.65. The molecule has 31 heavy (non-hydrogen) atoms. The lowest BCUT2D eigenvalue weighted by atomic mass is 9.95. The van der Waals surface area contributed by atoms with Crippen LogP contribution in [0.5, 0.6) is 11.5 Å². The molecule has 1 fully saturated rings. The average Bonchev–Trinajstić information content (AvgIpc) is 2.78. The molecule has 168 valence electrons. The van der Waals surface area contributed by atoms with Crippen LogP contribution in [0.2, 0.25) is 0 Å². The molecule has 7 nitrogen and oxygen atoms in total. The second-order valence-corrected chi connectivity index (χ2v) is 9.30. The zero-order valence-corrected chi connectivity index (χ0v) is 18.5. The van der Waals surface area contributed by atoms with Crippen molar-refractivity contribution in [3.63, 3.8) is 0 Å². The Kier molecular flexibility index (Phi) is 7.50. The molecule has 0 atom stereocenters. The van der Waals surface area contributed by atoms with Crippen LogP contribution in [0.1, 0.15) is 32.1 Å². The second-order valence-electron chi connectivity index (χ2n) is 7.41. The number of nitrogens with zero attached hydrogens (tertiary/aromatic N) is 1. The number of methoxy groups -OCH3 is 2. The molecule has 9 heteroatoms. The van der Waals surface area contributed by atoms with E-state index in [9.17, 15) is 17.6 Å². The van der Waals surface area contributed by atoms with Gasteiger partial charge in [0.15, 0.2) is 11.5 Å². The van der Waals surface area contributed by atoms with Crippen LogP contribution in [0.25, 0.3) is 0 Å². The summed E-state index contributed by atoms with van der Waals surface area (Å²) in [5.74, 6) is -0.0237. The van der Waals surface area contributed by atoms with Gasteiger partial charge in [0, 0.05) is 17.8 Å². The Morgan fingerprint density at radius 2 is 1.68 bits per heavy atom. The molecule has 1 aliphatic carbocycles. The Bertz CT molecular complexity index is 1010. The van der Waals surface area contributed by atoms with Gasteiger partial charge in [-0.15, -0.1) is 0 Å². The van der Waals surface area contributed by atoms with E-state index in [1.54, 1.807) is 18.2 Å². The summed E-state index contributed by atoms with van der Waals surface area (Å²) in [6, 6.07) is 9.31. The van der Waals surface area contributed by atoms with E-state index >= 15 is 0 Å². The van der Waals surface area contributed by atoms with Crippen LogP contribution < -0.4 is 14.8 Å². The number of hydrogen-bond acceptors (Lipinski definition) is 5. The number of ether oxygens (including phenoxy) is 2. The van der Waals surface area contributed by atoms with Crippen LogP contribution in [0.15, 0.2) is 47.4 Å². The summed E-state index contributed by atoms with van der Waals surface area (Å²) in [6.45, 7) is -0.335. The van der Waals surface area contributed by atoms with Gasteiger partial charge in [0.2, 0.25) is 15.9 Å². The first-order chi connectivity index (χ1) is 14.8. The minimum absolute atomic E-state index is 0.0293. The first kappa shape index (κ1) is 23.0. The van der Waals surface area contributed by atoms with E-state index in [2.05, 4.69) is 5.32 Å². The Morgan fingerprint density at radius 3 is 2.29 bits per heavy atom. The van der Waals surface area contributed by atoms with E-state index in [1.807, 2.05) is 0 Å². The maximum Gasteiger partial charge on any atom is 0.243 e. The Balaban J connectivity index is 1.83. The fraction of sp³-hybridized carbons (Fsp3) is 0.409. The van der Waals surface area contributed by atoms with Crippen molar-refractivity contribution in [3.05, 3.63) is 48.3 Å². The minimum atomic E-state index is -3.97. The molecule has 1 amide bonds. The van der Waals surface area contributed by atoms with Gasteiger partial charge in [-0.1, -0.05) is 19.3 Å². The Morgan fingerprint density at radius 1 is 1.03 bits per heavy atom. The zero-order chi connectivity index (χ0) is 22.4. The van der Waals surface area contributed by atoms with E-state index in [1.165, 1.54) is 30.7 Å². The molecule has 3 rings (SSSR count). The van der Waals surface area contributed by atoms with Gasteiger partial charge in [-0.25, -0.2) is 12.8 Å². The second kappa shape index (κ2) is 10.1. The highest BCUT2D eigenvalue weighted by molar-refractivity contribution is 7.89. The third kappa shape index (κ3) is 5.54. The predicted molar refractivity (Wildman–Crippen MR) is 115 cm³/mol. The van der Waals surface area contributed by atoms with Crippen molar-refractivity contribution < 1.29 is 27.1 Å². The maximum absolute atomic E-state index is 13.3. The number of carbonyl (C=O) groups is 1. The lowest BCUT2D eigenvalue weighted by molar-refractivity contribution is -0.116. The van der Waals surface area contributed by atoms with Gasteiger partial charge < -0.3 is 14.8 Å². The molecule has 1 aliphatic rings. The fourth-order valence-corrected chi connectivity index (χ4v) is 5.42. The van der Waals surface area contributed by atoms with E-state index in [0.717, 1.165) is 31.4 Å². The van der Waals surface area contributed by atoms with Crippen molar-refractivity contribution in [2.24, 2.45) is 0 Å². The lowest BCUT2D eigenvalue weighted by Crippen LogP contribution is -2.45. The normalized spacial score (nSPS) is 15.0. The number of benzene rings is 2. The Labute approximate surface area is 182 Å². The minimum Gasteiger partial charge on any atom is -0.493 e. The predicted octanol–water partition coefficient (Wildman–Crippen LogP) is 3.81. The number of sulfonamides is 1. The van der Waals surface area contributed by atoms with Crippen molar-refractivity contribution in [2.45, 2.75) is 43.0 Å². The highest BCUT2D eigenvalue weighted by Crippen LogP contribution is 2.31. The van der Waals surface area contributed by atoms with Gasteiger partial charge in [0.25, 0.3) is 0 Å². The number of halogens is 1. The van der Waals surface area contributed by atoms with Crippen molar-refractivity contribution in [1.82, 2.24) is 4.31 Å². The quantitative estimate of drug-likeness (QED) is 0.661. The van der Waals surface area contributed by atoms with Crippen LogP contribution in [0.3, 0.4) is 0 Å². The summed E-state index contributed by atoms with van der Waals surface area (Å²) in [4.78, 5) is 12.8. The monoisotopic (exact) mass is 450 g/mol. The number of anilines is 1. The van der Waals surface area contributed by atoms with Gasteiger partial charge in [0.1, 0.15) is 5.82 Å². The molecule has 0 aromatic heterocycles. The SMILES string of the molecule is COc1ccc(NC(=O)CN(C2CCCCC2)S(=O)(=O)c2ccc(F)cc2)cc1OC. The summed E-state index contributed by atoms with van der Waals surface area (Å²) in [5.41, 5.74) is 0.463. The first-order valence-electron chi connectivity index (χ1n) is 10.1. The lowest BCUT2D eigenvalue weighted by Gasteiger charge is -2.33. The van der Waals surface area contributed by atoms with E-state index in [-0.39, 0.29) is 17.5 Å². The van der Waals surface area contributed by atoms with Crippen molar-refractivity contribution in [3.8, 4) is 11.5 Å². The standard InChI is InChI=1S/C22H27FN2O5S/c1-29-20-13-10-17(14-21(20)30-2)24-22(26)15-25(18-6-4-3-5-7-18)31(27,28)19-11-8-16(23)9-12-19/h8-14,18H,3-7,15H2,1-2H3,(H,24,26). The molecule has 0 bridgehead atoms. The molecule has 0 radical (unpaired) electrons. The van der Waals surface area contributed by atoms with Crippen LogP contribution in [0.4, 0.5) is 10.1 Å². The number of hydrogen-bond donors (Lipinski definition) is 1. The van der Waals surface area contributed by atoms with E-state index < -0.39 is 21.7 Å². The maximum atomic E-state index is 13.3. The molecule has 0 spiro atoms. The smallest absolute Gasteiger partial charge is 0.243 e. The van der Waals surface area contributed by atoms with Crippen LogP contribution >= 0.6 is 0 Å². The summed E-state index contributed by atoms with van der Waals surface area (Å²) in [6.07, 6.45) is 4.21. The summed E-state index contributed by atoms with van der Waals surface area (Å²) in [7, 11) is -0.965. The molecule has 0 saturated heterocycles. The van der Waals surface area contributed by atoms with Gasteiger partial charge in [-0.3, -0.25) is 4.79 Å². The van der Waals surface area contributed by atoms with Crippen molar-refractivity contribution in [1.29, 1.82) is 0 Å². The molecule has 0 heterocycles. The fourth-order valence-electron chi connectivity index (χ4n) is 3.78. The molecule has 1 saturated carbocycles. The number of nitrogens with one attached hydrogen (secondary N) is 1. The summed E-state index contributed by atoms with van der Waals surface area (Å²) >= 11 is 0. The topological polar surface area (TPSA) is 84.9 Å². The van der Waals surface area contributed by atoms with Crippen molar-refractivity contribution in [2.75, 3.05) is 26.1 Å². The molecular weight excluding hydrogens is 423 g/mol. The molecule has 1 N–H and O–H groups in total. The number of carbonyl (C=O) groups excluding carboxylic acids is 1.